The van der Waals surface area contributed by atoms with Crippen molar-refractivity contribution in [3.8, 4) is 5.75 Å². The first kappa shape index (κ1) is 15.8. The van der Waals surface area contributed by atoms with Crippen LogP contribution >= 0.6 is 28.3 Å². The first-order valence-electron chi connectivity index (χ1n) is 5.39. The zero-order valence-corrected chi connectivity index (χ0v) is 11.9. The van der Waals surface area contributed by atoms with E-state index in [0.29, 0.717) is 4.47 Å². The van der Waals surface area contributed by atoms with Gasteiger partial charge in [0.2, 0.25) is 0 Å². The Morgan fingerprint density at radius 2 is 2.06 bits per heavy atom. The molecule has 92 valence electrons. The van der Waals surface area contributed by atoms with Crippen LogP contribution in [0, 0.1) is 0 Å². The summed E-state index contributed by atoms with van der Waals surface area (Å²) in [5.41, 5.74) is 6.86. The lowest BCUT2D eigenvalue weighted by Crippen LogP contribution is -2.10. The lowest BCUT2D eigenvalue weighted by Gasteiger charge is -2.14. The van der Waals surface area contributed by atoms with Crippen LogP contribution in [0.25, 0.3) is 0 Å². The van der Waals surface area contributed by atoms with Crippen molar-refractivity contribution < 1.29 is 5.11 Å². The molecular formula is C12H19BrClNO. The standard InChI is InChI=1S/C12H18BrNO.ClH/c1-2-3-4-8-11(14)9-6-5-7-10(13)12(9)15;/h5-7,11,15H,2-4,8,14H2,1H3;1H/t11-;/m0./s1. The minimum Gasteiger partial charge on any atom is -0.506 e. The van der Waals surface area contributed by atoms with E-state index in [9.17, 15) is 5.11 Å². The lowest BCUT2D eigenvalue weighted by atomic mass is 10.0. The summed E-state index contributed by atoms with van der Waals surface area (Å²) in [6, 6.07) is 5.54. The zero-order chi connectivity index (χ0) is 11.3. The predicted octanol–water partition coefficient (Wildman–Crippen LogP) is 4.16. The minimum atomic E-state index is -0.0611. The van der Waals surface area contributed by atoms with E-state index in [1.807, 2.05) is 18.2 Å². The summed E-state index contributed by atoms with van der Waals surface area (Å²) < 4.78 is 0.714. The van der Waals surface area contributed by atoms with Gasteiger partial charge in [-0.05, 0) is 28.4 Å². The summed E-state index contributed by atoms with van der Waals surface area (Å²) in [6.45, 7) is 2.17. The van der Waals surface area contributed by atoms with E-state index in [2.05, 4.69) is 22.9 Å². The monoisotopic (exact) mass is 307 g/mol. The van der Waals surface area contributed by atoms with Crippen LogP contribution in [-0.2, 0) is 0 Å². The molecule has 0 heterocycles. The molecule has 0 aromatic heterocycles. The molecule has 0 saturated heterocycles. The number of halogens is 2. The van der Waals surface area contributed by atoms with Gasteiger partial charge in [-0.2, -0.15) is 0 Å². The van der Waals surface area contributed by atoms with Crippen molar-refractivity contribution in [2.45, 2.75) is 38.6 Å². The van der Waals surface area contributed by atoms with Gasteiger partial charge in [0, 0.05) is 11.6 Å². The fraction of sp³-hybridized carbons (Fsp3) is 0.500. The molecule has 1 aromatic rings. The van der Waals surface area contributed by atoms with Crippen LogP contribution in [0.4, 0.5) is 0 Å². The maximum Gasteiger partial charge on any atom is 0.134 e. The fourth-order valence-corrected chi connectivity index (χ4v) is 1.98. The number of unbranched alkanes of at least 4 members (excludes halogenated alkanes) is 2. The molecule has 3 N–H and O–H groups in total. The fourth-order valence-electron chi connectivity index (χ4n) is 1.60. The van der Waals surface area contributed by atoms with Crippen LogP contribution in [-0.4, -0.2) is 5.11 Å². The third-order valence-corrected chi connectivity index (χ3v) is 3.18. The molecule has 0 aliphatic carbocycles. The topological polar surface area (TPSA) is 46.2 Å². The number of aromatic hydroxyl groups is 1. The number of para-hydroxylation sites is 1. The zero-order valence-electron chi connectivity index (χ0n) is 9.45. The van der Waals surface area contributed by atoms with Gasteiger partial charge in [-0.1, -0.05) is 38.3 Å². The first-order valence-corrected chi connectivity index (χ1v) is 6.19. The van der Waals surface area contributed by atoms with Gasteiger partial charge >= 0.3 is 0 Å². The van der Waals surface area contributed by atoms with E-state index in [1.54, 1.807) is 0 Å². The SMILES string of the molecule is CCCCC[C@H](N)c1cccc(Br)c1O.Cl. The van der Waals surface area contributed by atoms with Gasteiger partial charge < -0.3 is 10.8 Å². The molecule has 0 unspecified atom stereocenters. The Bertz CT molecular complexity index is 320. The van der Waals surface area contributed by atoms with E-state index >= 15 is 0 Å². The van der Waals surface area contributed by atoms with E-state index in [1.165, 1.54) is 12.8 Å². The minimum absolute atomic E-state index is 0. The van der Waals surface area contributed by atoms with E-state index in [4.69, 9.17) is 5.73 Å². The molecule has 1 atom stereocenters. The quantitative estimate of drug-likeness (QED) is 0.802. The van der Waals surface area contributed by atoms with Gasteiger partial charge in [0.1, 0.15) is 5.75 Å². The number of benzene rings is 1. The highest BCUT2D eigenvalue weighted by Crippen LogP contribution is 2.32. The van der Waals surface area contributed by atoms with Gasteiger partial charge in [0.05, 0.1) is 4.47 Å². The lowest BCUT2D eigenvalue weighted by molar-refractivity contribution is 0.452. The highest BCUT2D eigenvalue weighted by atomic mass is 79.9. The summed E-state index contributed by atoms with van der Waals surface area (Å²) >= 11 is 3.29. The second-order valence-electron chi connectivity index (χ2n) is 3.78. The molecule has 0 radical (unpaired) electrons. The average Bonchev–Trinajstić information content (AvgIpc) is 2.22. The summed E-state index contributed by atoms with van der Waals surface area (Å²) in [5.74, 6) is 0.279. The smallest absolute Gasteiger partial charge is 0.134 e. The summed E-state index contributed by atoms with van der Waals surface area (Å²) in [4.78, 5) is 0. The van der Waals surface area contributed by atoms with Crippen molar-refractivity contribution in [3.05, 3.63) is 28.2 Å². The Morgan fingerprint density at radius 1 is 1.38 bits per heavy atom. The van der Waals surface area contributed by atoms with E-state index < -0.39 is 0 Å². The van der Waals surface area contributed by atoms with Crippen molar-refractivity contribution in [2.75, 3.05) is 0 Å². The molecule has 0 aliphatic rings. The molecule has 1 aromatic carbocycles. The number of hydrogen-bond donors (Lipinski definition) is 2. The first-order chi connectivity index (χ1) is 7.16. The second-order valence-corrected chi connectivity index (χ2v) is 4.63. The van der Waals surface area contributed by atoms with Crippen molar-refractivity contribution >= 4 is 28.3 Å². The Kier molecular flexibility index (Phi) is 7.81. The number of phenolic OH excluding ortho intramolecular Hbond substituents is 1. The molecule has 0 amide bonds. The van der Waals surface area contributed by atoms with Crippen LogP contribution in [0.15, 0.2) is 22.7 Å². The van der Waals surface area contributed by atoms with Gasteiger partial charge in [-0.15, -0.1) is 12.4 Å². The Hall–Kier alpha value is -0.250. The normalized spacial score (nSPS) is 11.9. The summed E-state index contributed by atoms with van der Waals surface area (Å²) in [6.07, 6.45) is 4.43. The van der Waals surface area contributed by atoms with Crippen LogP contribution < -0.4 is 5.73 Å². The third kappa shape index (κ3) is 4.32. The maximum atomic E-state index is 9.80. The Labute approximate surface area is 112 Å². The van der Waals surface area contributed by atoms with E-state index in [0.717, 1.165) is 18.4 Å². The van der Waals surface area contributed by atoms with E-state index in [-0.39, 0.29) is 24.2 Å². The Balaban J connectivity index is 0.00000225. The average molecular weight is 309 g/mol. The van der Waals surface area contributed by atoms with Crippen molar-refractivity contribution in [1.29, 1.82) is 0 Å². The molecule has 0 fully saturated rings. The summed E-state index contributed by atoms with van der Waals surface area (Å²) in [5, 5.41) is 9.80. The number of rotatable bonds is 5. The number of phenols is 1. The van der Waals surface area contributed by atoms with Crippen molar-refractivity contribution in [3.63, 3.8) is 0 Å². The molecule has 4 heteroatoms. The second kappa shape index (κ2) is 7.93. The maximum absolute atomic E-state index is 9.80. The third-order valence-electron chi connectivity index (χ3n) is 2.54. The number of hydrogen-bond acceptors (Lipinski definition) is 2. The molecule has 0 saturated carbocycles. The van der Waals surface area contributed by atoms with Crippen molar-refractivity contribution in [1.82, 2.24) is 0 Å². The molecular weight excluding hydrogens is 289 g/mol. The number of nitrogens with two attached hydrogens (primary N) is 1. The van der Waals surface area contributed by atoms with Gasteiger partial charge in [0.15, 0.2) is 0 Å². The molecule has 1 rings (SSSR count). The van der Waals surface area contributed by atoms with Gasteiger partial charge in [0.25, 0.3) is 0 Å². The van der Waals surface area contributed by atoms with Crippen LogP contribution in [0.1, 0.15) is 44.2 Å². The summed E-state index contributed by atoms with van der Waals surface area (Å²) in [7, 11) is 0. The molecule has 2 nitrogen and oxygen atoms in total. The molecule has 0 bridgehead atoms. The van der Waals surface area contributed by atoms with Crippen LogP contribution in [0.3, 0.4) is 0 Å². The van der Waals surface area contributed by atoms with Crippen LogP contribution in [0.5, 0.6) is 5.75 Å². The van der Waals surface area contributed by atoms with Crippen molar-refractivity contribution in [2.24, 2.45) is 5.73 Å². The Morgan fingerprint density at radius 3 is 2.69 bits per heavy atom. The van der Waals surface area contributed by atoms with Gasteiger partial charge in [-0.3, -0.25) is 0 Å². The highest BCUT2D eigenvalue weighted by Gasteiger charge is 2.11. The highest BCUT2D eigenvalue weighted by molar-refractivity contribution is 9.10. The molecule has 0 aliphatic heterocycles. The van der Waals surface area contributed by atoms with Crippen LogP contribution in [0.2, 0.25) is 0 Å². The molecule has 0 spiro atoms. The molecule has 16 heavy (non-hydrogen) atoms. The predicted molar refractivity (Wildman–Crippen MR) is 74.1 cm³/mol. The van der Waals surface area contributed by atoms with Gasteiger partial charge in [-0.25, -0.2) is 0 Å². The largest absolute Gasteiger partial charge is 0.506 e.